The van der Waals surface area contributed by atoms with Crippen LogP contribution in [0.3, 0.4) is 0 Å². The second-order valence-corrected chi connectivity index (χ2v) is 0. The van der Waals surface area contributed by atoms with Crippen LogP contribution in [-0.4, -0.2) is 5.48 Å². The first-order valence-electron chi connectivity index (χ1n) is 0.371. The third-order valence-corrected chi connectivity index (χ3v) is 0. The Labute approximate surface area is 53.8 Å². The molecule has 0 spiro atoms. The molecule has 0 aromatic rings. The zero-order valence-electron chi connectivity index (χ0n) is 3.25. The van der Waals surface area contributed by atoms with Crippen LogP contribution in [0.5, 0.6) is 0 Å². The number of nitroso groups, excluding NO2 is 1. The number of hydrogen-bond donors (Lipinski definition) is 2. The summed E-state index contributed by atoms with van der Waals surface area (Å²) in [6.07, 6.45) is 0. The van der Waals surface area contributed by atoms with E-state index in [1.165, 1.54) is 0 Å². The molecule has 0 aliphatic carbocycles. The average molecular weight is 293 g/mol. The topological polar surface area (TPSA) is 142 Å². The number of nitrogens with one attached hydrogen (secondary N) is 1. The van der Waals surface area contributed by atoms with Gasteiger partial charge in [0.2, 0.25) is 0 Å². The van der Waals surface area contributed by atoms with Crippen LogP contribution in [0.1, 0.15) is 0 Å². The Morgan fingerprint density at radius 3 is 1.00 bits per heavy atom. The monoisotopic (exact) mass is 293 g/mol. The maximum atomic E-state index is 7.50. The largest absolute Gasteiger partial charge is 0.412 e. The Morgan fingerprint density at radius 1 is 1.00 bits per heavy atom. The van der Waals surface area contributed by atoms with E-state index in [1.807, 2.05) is 0 Å². The van der Waals surface area contributed by atoms with Crippen LogP contribution in [0.15, 0.2) is 0 Å². The van der Waals surface area contributed by atoms with Gasteiger partial charge >= 0.3 is 0 Å². The summed E-state index contributed by atoms with van der Waals surface area (Å²) >= 11 is 0. The molecule has 0 saturated heterocycles. The van der Waals surface area contributed by atoms with E-state index in [0.29, 0.717) is 0 Å². The molecule has 7 heteroatoms. The van der Waals surface area contributed by atoms with Crippen LogP contribution in [0.4, 0.5) is 0 Å². The van der Waals surface area contributed by atoms with Crippen molar-refractivity contribution in [1.82, 2.24) is 6.15 Å². The first kappa shape index (κ1) is 70.2. The molecule has 0 unspecified atom stereocenters. The summed E-state index contributed by atoms with van der Waals surface area (Å²) in [4.78, 5) is 21.5. The molecule has 7 heavy (non-hydrogen) atoms. The molecule has 0 radical (unpaired) electrons. The molecule has 0 fully saturated rings. The van der Waals surface area contributed by atoms with Crippen molar-refractivity contribution in [2.24, 2.45) is 0 Å². The van der Waals surface area contributed by atoms with E-state index in [9.17, 15) is 0 Å². The summed E-state index contributed by atoms with van der Waals surface area (Å²) in [5, 5.41) is 0. The molecule has 0 atom stereocenters. The fraction of sp³-hybridized carbons (Fsp3) is 0. The van der Waals surface area contributed by atoms with Crippen molar-refractivity contribution < 1.29 is 26.5 Å². The molecule has 0 aliphatic heterocycles. The van der Waals surface area contributed by atoms with E-state index in [1.54, 1.807) is 0 Å². The molecule has 0 amide bonds. The molecule has 6 N–H and O–H groups in total. The molecule has 0 aromatic heterocycles. The summed E-state index contributed by atoms with van der Waals surface area (Å²) in [5.41, 5.74) is 4.50. The standard InChI is InChI=1S/HNO.H3N.O2.H2O.Pt/c1-2;;1-2;;/h1H;1H3;;1H2;. The Balaban J connectivity index is -0.00000000267. The maximum Gasteiger partial charge on any atom is 0 e. The first-order chi connectivity index (χ1) is 2.00. The van der Waals surface area contributed by atoms with E-state index in [0.717, 1.165) is 0 Å². The number of hydrogen-bond acceptors (Lipinski definition) is 5. The smallest absolute Gasteiger partial charge is 0 e. The van der Waals surface area contributed by atoms with Gasteiger partial charge in [-0.05, 0) is 0 Å². The van der Waals surface area contributed by atoms with Crippen LogP contribution in [-0.2, 0) is 21.1 Å². The second-order valence-electron chi connectivity index (χ2n) is 0. The van der Waals surface area contributed by atoms with Crippen molar-refractivity contribution in [3.8, 4) is 0 Å². The van der Waals surface area contributed by atoms with Gasteiger partial charge in [-0.25, -0.2) is 0 Å². The van der Waals surface area contributed by atoms with Gasteiger partial charge in [0.05, 0.1) is 0 Å². The molecule has 50 valence electrons. The summed E-state index contributed by atoms with van der Waals surface area (Å²) < 4.78 is 0. The molecule has 0 heterocycles. The van der Waals surface area contributed by atoms with Gasteiger partial charge in [-0.15, -0.1) is 0 Å². The zero-order valence-corrected chi connectivity index (χ0v) is 5.52. The summed E-state index contributed by atoms with van der Waals surface area (Å²) in [6.45, 7) is 0. The van der Waals surface area contributed by atoms with Gasteiger partial charge in [0, 0.05) is 31.0 Å². The SMILES string of the molecule is N.N=O.O.O=O.[Pt]. The van der Waals surface area contributed by atoms with E-state index in [2.05, 4.69) is 5.59 Å². The normalized spacial score (nSPS) is 1.14. The zero-order chi connectivity index (χ0) is 4.00. The Kier molecular flexibility index (Phi) is 36700. The van der Waals surface area contributed by atoms with Gasteiger partial charge in [-0.1, -0.05) is 5.59 Å². The van der Waals surface area contributed by atoms with Crippen molar-refractivity contribution in [1.29, 1.82) is 5.59 Å². The third-order valence-electron chi connectivity index (χ3n) is 0. The second kappa shape index (κ2) is 3650. The van der Waals surface area contributed by atoms with Crippen molar-refractivity contribution in [2.75, 3.05) is 0 Å². The van der Waals surface area contributed by atoms with Crippen LogP contribution in [0, 0.1) is 20.4 Å². The molecular weight excluding hydrogens is 287 g/mol. The Hall–Kier alpha value is -0.192. The summed E-state index contributed by atoms with van der Waals surface area (Å²) in [7, 11) is 0. The van der Waals surface area contributed by atoms with Crippen molar-refractivity contribution >= 4 is 0 Å². The first-order valence-corrected chi connectivity index (χ1v) is 0.371. The fourth-order valence-electron chi connectivity index (χ4n) is 0. The number of rotatable bonds is 0. The molecule has 0 saturated carbocycles. The van der Waals surface area contributed by atoms with Gasteiger partial charge in [-0.2, -0.15) is 4.91 Å². The van der Waals surface area contributed by atoms with Crippen LogP contribution in [0.2, 0.25) is 0 Å². The predicted octanol–water partition coefficient (Wildman–Crippen LogP) is -0.267. The molecule has 0 aliphatic rings. The van der Waals surface area contributed by atoms with Crippen LogP contribution >= 0.6 is 0 Å². The van der Waals surface area contributed by atoms with Crippen molar-refractivity contribution in [3.63, 3.8) is 0 Å². The molecular formula is H6N2O4Pt. The molecule has 0 bridgehead atoms. The molecule has 0 aromatic carbocycles. The van der Waals surface area contributed by atoms with E-state index in [4.69, 9.17) is 14.8 Å². The summed E-state index contributed by atoms with van der Waals surface area (Å²) in [6, 6.07) is 0. The predicted molar refractivity (Wildman–Crippen MR) is 21.5 cm³/mol. The maximum absolute atomic E-state index is 7.50. The molecule has 6 nitrogen and oxygen atoms in total. The van der Waals surface area contributed by atoms with E-state index < -0.39 is 0 Å². The van der Waals surface area contributed by atoms with Crippen LogP contribution < -0.4 is 6.15 Å². The minimum Gasteiger partial charge on any atom is -0.412 e. The Morgan fingerprint density at radius 2 is 1.00 bits per heavy atom. The van der Waals surface area contributed by atoms with Crippen molar-refractivity contribution in [3.05, 3.63) is 14.8 Å². The Bertz CT molecular complexity index is 11.7. The van der Waals surface area contributed by atoms with E-state index >= 15 is 0 Å². The van der Waals surface area contributed by atoms with Gasteiger partial charge in [0.1, 0.15) is 0 Å². The van der Waals surface area contributed by atoms with Gasteiger partial charge in [0.15, 0.2) is 0 Å². The van der Waals surface area contributed by atoms with Gasteiger partial charge in [-0.3, -0.25) is 0 Å². The fourth-order valence-corrected chi connectivity index (χ4v) is 0. The molecule has 0 rings (SSSR count). The quantitative estimate of drug-likeness (QED) is 0.593. The van der Waals surface area contributed by atoms with E-state index in [-0.39, 0.29) is 32.7 Å². The third kappa shape index (κ3) is 2290. The van der Waals surface area contributed by atoms with Gasteiger partial charge in [0.25, 0.3) is 0 Å². The average Bonchev–Trinajstić information content (AvgIpc) is 1.50. The minimum atomic E-state index is 0. The summed E-state index contributed by atoms with van der Waals surface area (Å²) in [5.74, 6) is 0. The van der Waals surface area contributed by atoms with Gasteiger partial charge < -0.3 is 11.6 Å². The van der Waals surface area contributed by atoms with Crippen LogP contribution in [0.25, 0.3) is 0 Å². The minimum absolute atomic E-state index is 0. The van der Waals surface area contributed by atoms with Crippen molar-refractivity contribution in [2.45, 2.75) is 0 Å².